The minimum atomic E-state index is -0.958. The minimum absolute atomic E-state index is 0.117. The van der Waals surface area contributed by atoms with Gasteiger partial charge in [0.1, 0.15) is 0 Å². The lowest BCUT2D eigenvalue weighted by Gasteiger charge is -2.12. The predicted molar refractivity (Wildman–Crippen MR) is 73.3 cm³/mol. The number of hydrogen-bond acceptors (Lipinski definition) is 5. The molecule has 5 heteroatoms. The van der Waals surface area contributed by atoms with Crippen molar-refractivity contribution in [2.75, 3.05) is 20.3 Å². The Hall–Kier alpha value is -0.200. The van der Waals surface area contributed by atoms with Crippen molar-refractivity contribution in [3.8, 4) is 0 Å². The predicted octanol–water partition coefficient (Wildman–Crippen LogP) is 1.26. The second-order valence-electron chi connectivity index (χ2n) is 4.44. The van der Waals surface area contributed by atoms with Crippen molar-refractivity contribution in [3.05, 3.63) is 0 Å². The molecule has 0 aromatic rings. The van der Waals surface area contributed by atoms with Crippen LogP contribution in [0.5, 0.6) is 0 Å². The number of ether oxygens (including phenoxy) is 2. The van der Waals surface area contributed by atoms with Crippen LogP contribution in [0.25, 0.3) is 0 Å². The first-order valence-corrected chi connectivity index (χ1v) is 6.64. The Morgan fingerprint density at radius 1 is 1.28 bits per heavy atom. The minimum Gasteiger partial charge on any atom is -0.394 e. The van der Waals surface area contributed by atoms with Crippen molar-refractivity contribution in [2.24, 2.45) is 5.73 Å². The Labute approximate surface area is 111 Å². The average molecular weight is 265 g/mol. The lowest BCUT2D eigenvalue weighted by molar-refractivity contribution is -0.155. The van der Waals surface area contributed by atoms with Crippen LogP contribution in [0.15, 0.2) is 0 Å². The highest BCUT2D eigenvalue weighted by Crippen LogP contribution is 2.19. The second kappa shape index (κ2) is 11.9. The van der Waals surface area contributed by atoms with Crippen LogP contribution in [0.3, 0.4) is 0 Å². The first-order valence-electron chi connectivity index (χ1n) is 6.64. The van der Waals surface area contributed by atoms with Gasteiger partial charge in [0, 0.05) is 13.2 Å². The summed E-state index contributed by atoms with van der Waals surface area (Å²) in [6.45, 7) is 7.73. The molecule has 0 heterocycles. The number of aliphatic hydroxyl groups excluding tert-OH is 1. The zero-order valence-corrected chi connectivity index (χ0v) is 12.5. The van der Waals surface area contributed by atoms with Gasteiger partial charge >= 0.3 is 0 Å². The Balaban J connectivity index is 0. The van der Waals surface area contributed by atoms with Gasteiger partial charge in [0.05, 0.1) is 19.3 Å². The third-order valence-electron chi connectivity index (χ3n) is 2.37. The molecule has 4 N–H and O–H groups in total. The molecule has 0 aromatic heterocycles. The summed E-state index contributed by atoms with van der Waals surface area (Å²) in [5.74, 6) is -0.958. The molecule has 2 atom stereocenters. The molecule has 1 fully saturated rings. The first-order chi connectivity index (χ1) is 8.39. The van der Waals surface area contributed by atoms with Crippen molar-refractivity contribution >= 4 is 0 Å². The zero-order chi connectivity index (χ0) is 14.6. The van der Waals surface area contributed by atoms with Gasteiger partial charge < -0.3 is 25.4 Å². The Morgan fingerprint density at radius 2 is 1.78 bits per heavy atom. The fourth-order valence-electron chi connectivity index (χ4n) is 1.34. The van der Waals surface area contributed by atoms with Gasteiger partial charge in [-0.05, 0) is 33.1 Å². The average Bonchev–Trinajstić information content (AvgIpc) is 2.75. The highest BCUT2D eigenvalue weighted by Gasteiger charge is 2.21. The summed E-state index contributed by atoms with van der Waals surface area (Å²) in [6, 6.07) is 0.323. The number of methoxy groups -OCH3 is 1. The highest BCUT2D eigenvalue weighted by molar-refractivity contribution is 4.77. The van der Waals surface area contributed by atoms with Gasteiger partial charge in [0.2, 0.25) is 0 Å². The molecule has 0 aliphatic heterocycles. The molecule has 0 amide bonds. The van der Waals surface area contributed by atoms with Crippen LogP contribution < -0.4 is 5.73 Å². The molecule has 1 saturated carbocycles. The topological polar surface area (TPSA) is 84.9 Å². The highest BCUT2D eigenvalue weighted by atomic mass is 16.6. The van der Waals surface area contributed by atoms with Crippen molar-refractivity contribution < 1.29 is 19.7 Å². The van der Waals surface area contributed by atoms with Crippen molar-refractivity contribution in [3.63, 3.8) is 0 Å². The van der Waals surface area contributed by atoms with Gasteiger partial charge in [-0.1, -0.05) is 13.8 Å². The largest absolute Gasteiger partial charge is 0.394 e. The summed E-state index contributed by atoms with van der Waals surface area (Å²) in [5.41, 5.74) is 5.65. The fourth-order valence-corrected chi connectivity index (χ4v) is 1.34. The lowest BCUT2D eigenvalue weighted by atomic mass is 10.3. The van der Waals surface area contributed by atoms with Crippen molar-refractivity contribution in [1.29, 1.82) is 0 Å². The number of aliphatic hydroxyl groups is 2. The normalized spacial score (nSPS) is 22.7. The lowest BCUT2D eigenvalue weighted by Crippen LogP contribution is -2.20. The quantitative estimate of drug-likeness (QED) is 0.666. The van der Waals surface area contributed by atoms with Crippen molar-refractivity contribution in [1.82, 2.24) is 0 Å². The van der Waals surface area contributed by atoms with Gasteiger partial charge in [-0.2, -0.15) is 0 Å². The molecule has 1 aliphatic carbocycles. The molecule has 2 unspecified atom stereocenters. The summed E-state index contributed by atoms with van der Waals surface area (Å²) in [7, 11) is 1.46. The Morgan fingerprint density at radius 3 is 2.06 bits per heavy atom. The molecule has 0 aromatic carbocycles. The van der Waals surface area contributed by atoms with Crippen LogP contribution in [-0.4, -0.2) is 48.5 Å². The van der Waals surface area contributed by atoms with Crippen molar-refractivity contribution in [2.45, 2.75) is 64.9 Å². The number of hydrogen-bond donors (Lipinski definition) is 3. The van der Waals surface area contributed by atoms with E-state index >= 15 is 0 Å². The second-order valence-corrected chi connectivity index (χ2v) is 4.44. The van der Waals surface area contributed by atoms with Gasteiger partial charge in [-0.25, -0.2) is 0 Å². The standard InChI is InChI=1S/C7H15NO2.C4H10O2.C2H6/c8-6-1-2-7(5-6)10-4-3-9;1-4(2,5)6-3;1-2/h6-7,9H,1-5,8H2;5H,1-3H3;1-2H3. The monoisotopic (exact) mass is 265 g/mol. The molecule has 0 spiro atoms. The van der Waals surface area contributed by atoms with Crippen LogP contribution in [0, 0.1) is 0 Å². The maximum absolute atomic E-state index is 8.60. The molecule has 1 aliphatic rings. The van der Waals surface area contributed by atoms with E-state index in [9.17, 15) is 0 Å². The van der Waals surface area contributed by atoms with E-state index in [0.29, 0.717) is 18.8 Å². The van der Waals surface area contributed by atoms with Gasteiger partial charge in [-0.15, -0.1) is 0 Å². The zero-order valence-electron chi connectivity index (χ0n) is 12.5. The molecular formula is C13H31NO4. The Bertz CT molecular complexity index is 171. The molecule has 0 bridgehead atoms. The van der Waals surface area contributed by atoms with E-state index in [0.717, 1.165) is 19.3 Å². The third kappa shape index (κ3) is 13.9. The maximum atomic E-state index is 8.60. The maximum Gasteiger partial charge on any atom is 0.159 e. The van der Waals surface area contributed by atoms with E-state index in [1.807, 2.05) is 13.8 Å². The van der Waals surface area contributed by atoms with Crippen LogP contribution in [0.4, 0.5) is 0 Å². The van der Waals surface area contributed by atoms with E-state index in [1.54, 1.807) is 13.8 Å². The SMILES string of the molecule is CC.COC(C)(C)O.NC1CCC(OCCO)C1. The molecule has 5 nitrogen and oxygen atoms in total. The van der Waals surface area contributed by atoms with E-state index in [-0.39, 0.29) is 6.61 Å². The molecule has 1 rings (SSSR count). The smallest absolute Gasteiger partial charge is 0.159 e. The van der Waals surface area contributed by atoms with Crippen LogP contribution >= 0.6 is 0 Å². The summed E-state index contributed by atoms with van der Waals surface area (Å²) >= 11 is 0. The van der Waals surface area contributed by atoms with Crippen LogP contribution in [0.2, 0.25) is 0 Å². The first kappa shape index (κ1) is 20.1. The summed E-state index contributed by atoms with van der Waals surface area (Å²) in [6.07, 6.45) is 3.39. The molecule has 112 valence electrons. The fraction of sp³-hybridized carbons (Fsp3) is 1.00. The molecular weight excluding hydrogens is 234 g/mol. The Kier molecular flexibility index (Phi) is 13.3. The van der Waals surface area contributed by atoms with Crippen LogP contribution in [-0.2, 0) is 9.47 Å². The van der Waals surface area contributed by atoms with Crippen LogP contribution in [0.1, 0.15) is 47.0 Å². The molecule has 0 radical (unpaired) electrons. The van der Waals surface area contributed by atoms with E-state index in [1.165, 1.54) is 7.11 Å². The van der Waals surface area contributed by atoms with E-state index in [4.69, 9.17) is 20.7 Å². The summed E-state index contributed by atoms with van der Waals surface area (Å²) in [5, 5.41) is 17.0. The van der Waals surface area contributed by atoms with Gasteiger partial charge in [-0.3, -0.25) is 0 Å². The van der Waals surface area contributed by atoms with E-state index in [2.05, 4.69) is 4.74 Å². The number of nitrogens with two attached hydrogens (primary N) is 1. The molecule has 0 saturated heterocycles. The van der Waals surface area contributed by atoms with Gasteiger partial charge in [0.15, 0.2) is 5.79 Å². The third-order valence-corrected chi connectivity index (χ3v) is 2.37. The number of rotatable bonds is 4. The van der Waals surface area contributed by atoms with E-state index < -0.39 is 5.79 Å². The summed E-state index contributed by atoms with van der Waals surface area (Å²) in [4.78, 5) is 0. The van der Waals surface area contributed by atoms with Gasteiger partial charge in [0.25, 0.3) is 0 Å². The molecule has 18 heavy (non-hydrogen) atoms. The summed E-state index contributed by atoms with van der Waals surface area (Å²) < 4.78 is 9.79.